The van der Waals surface area contributed by atoms with Crippen molar-refractivity contribution in [3.8, 4) is 0 Å². The second kappa shape index (κ2) is 3.32. The summed E-state index contributed by atoms with van der Waals surface area (Å²) in [6.07, 6.45) is 1.57. The monoisotopic (exact) mass is 209 g/mol. The second-order valence-electron chi connectivity index (χ2n) is 4.27. The Balaban J connectivity index is 2.26. The Bertz CT molecular complexity index is 380. The molecule has 5 heteroatoms. The van der Waals surface area contributed by atoms with Crippen LogP contribution in [0.4, 0.5) is 0 Å². The van der Waals surface area contributed by atoms with Gasteiger partial charge < -0.3 is 4.74 Å². The standard InChI is InChI=1S/C10H15N3O2/c1-6(2)7-11-8(13-12-7)10(4-5-10)9(14)15-3/h6H,4-5H2,1-3H3,(H,11,12,13). The van der Waals surface area contributed by atoms with Gasteiger partial charge in [-0.25, -0.2) is 4.98 Å². The maximum Gasteiger partial charge on any atom is 0.319 e. The number of carbonyl (C=O) groups is 1. The minimum atomic E-state index is -0.557. The van der Waals surface area contributed by atoms with Gasteiger partial charge in [0.25, 0.3) is 0 Å². The first kappa shape index (κ1) is 10.1. The summed E-state index contributed by atoms with van der Waals surface area (Å²) in [5.74, 6) is 1.47. The Morgan fingerprint density at radius 3 is 2.60 bits per heavy atom. The van der Waals surface area contributed by atoms with E-state index in [-0.39, 0.29) is 5.97 Å². The Hall–Kier alpha value is -1.39. The van der Waals surface area contributed by atoms with Crippen molar-refractivity contribution in [2.75, 3.05) is 7.11 Å². The molecule has 1 aliphatic carbocycles. The van der Waals surface area contributed by atoms with Crippen LogP contribution in [-0.4, -0.2) is 28.3 Å². The quantitative estimate of drug-likeness (QED) is 0.758. The van der Waals surface area contributed by atoms with E-state index < -0.39 is 5.41 Å². The third-order valence-electron chi connectivity index (χ3n) is 2.80. The lowest BCUT2D eigenvalue weighted by molar-refractivity contribution is -0.143. The van der Waals surface area contributed by atoms with Crippen LogP contribution in [0, 0.1) is 0 Å². The molecular weight excluding hydrogens is 194 g/mol. The maximum absolute atomic E-state index is 11.6. The van der Waals surface area contributed by atoms with Gasteiger partial charge in [0.1, 0.15) is 11.2 Å². The number of hydrogen-bond donors (Lipinski definition) is 1. The Kier molecular flexibility index (Phi) is 2.25. The number of H-pyrrole nitrogens is 1. The molecule has 0 spiro atoms. The van der Waals surface area contributed by atoms with E-state index in [2.05, 4.69) is 15.2 Å². The average molecular weight is 209 g/mol. The summed E-state index contributed by atoms with van der Waals surface area (Å²) in [6, 6.07) is 0. The predicted octanol–water partition coefficient (Wildman–Crippen LogP) is 1.13. The molecule has 0 aromatic carbocycles. The van der Waals surface area contributed by atoms with E-state index in [4.69, 9.17) is 4.74 Å². The third-order valence-corrected chi connectivity index (χ3v) is 2.80. The molecule has 0 bridgehead atoms. The van der Waals surface area contributed by atoms with Crippen molar-refractivity contribution in [1.82, 2.24) is 15.2 Å². The van der Waals surface area contributed by atoms with Gasteiger partial charge in [-0.05, 0) is 12.8 Å². The number of esters is 1. The summed E-state index contributed by atoms with van der Waals surface area (Å²) in [5.41, 5.74) is -0.557. The van der Waals surface area contributed by atoms with Crippen LogP contribution in [0.1, 0.15) is 44.3 Å². The SMILES string of the molecule is COC(=O)C1(c2n[nH]c(C(C)C)n2)CC1. The molecule has 0 saturated heterocycles. The zero-order chi connectivity index (χ0) is 11.1. The van der Waals surface area contributed by atoms with Gasteiger partial charge in [-0.2, -0.15) is 5.10 Å². The van der Waals surface area contributed by atoms with Crippen molar-refractivity contribution in [3.05, 3.63) is 11.6 Å². The van der Waals surface area contributed by atoms with Crippen LogP contribution >= 0.6 is 0 Å². The Morgan fingerprint density at radius 2 is 2.20 bits per heavy atom. The molecule has 1 aliphatic rings. The van der Waals surface area contributed by atoms with Gasteiger partial charge in [0, 0.05) is 5.92 Å². The predicted molar refractivity (Wildman–Crippen MR) is 53.4 cm³/mol. The number of carbonyl (C=O) groups excluding carboxylic acids is 1. The molecule has 0 unspecified atom stereocenters. The first-order valence-corrected chi connectivity index (χ1v) is 5.11. The first-order chi connectivity index (χ1) is 7.10. The topological polar surface area (TPSA) is 67.9 Å². The van der Waals surface area contributed by atoms with Gasteiger partial charge in [0.05, 0.1) is 7.11 Å². The van der Waals surface area contributed by atoms with Crippen molar-refractivity contribution < 1.29 is 9.53 Å². The Morgan fingerprint density at radius 1 is 1.53 bits per heavy atom. The van der Waals surface area contributed by atoms with Crippen LogP contribution in [0.3, 0.4) is 0 Å². The van der Waals surface area contributed by atoms with Crippen LogP contribution in [-0.2, 0) is 14.9 Å². The fourth-order valence-corrected chi connectivity index (χ4v) is 1.59. The highest BCUT2D eigenvalue weighted by atomic mass is 16.5. The number of ether oxygens (including phenoxy) is 1. The molecule has 2 rings (SSSR count). The van der Waals surface area contributed by atoms with Crippen molar-refractivity contribution in [1.29, 1.82) is 0 Å². The molecule has 0 atom stereocenters. The fraction of sp³-hybridized carbons (Fsp3) is 0.700. The van der Waals surface area contributed by atoms with Crippen molar-refractivity contribution in [3.63, 3.8) is 0 Å². The van der Waals surface area contributed by atoms with E-state index in [0.717, 1.165) is 18.7 Å². The number of nitrogens with one attached hydrogen (secondary N) is 1. The molecule has 0 aliphatic heterocycles. The lowest BCUT2D eigenvalue weighted by Gasteiger charge is -2.07. The van der Waals surface area contributed by atoms with E-state index in [9.17, 15) is 4.79 Å². The molecule has 1 fully saturated rings. The second-order valence-corrected chi connectivity index (χ2v) is 4.27. The Labute approximate surface area is 88.2 Å². The summed E-state index contributed by atoms with van der Waals surface area (Å²) in [5, 5.41) is 6.97. The minimum Gasteiger partial charge on any atom is -0.468 e. The van der Waals surface area contributed by atoms with Crippen LogP contribution in [0.15, 0.2) is 0 Å². The van der Waals surface area contributed by atoms with Gasteiger partial charge in [-0.1, -0.05) is 13.8 Å². The van der Waals surface area contributed by atoms with E-state index in [1.165, 1.54) is 7.11 Å². The molecule has 1 heterocycles. The molecular formula is C10H15N3O2. The van der Waals surface area contributed by atoms with Crippen LogP contribution in [0.2, 0.25) is 0 Å². The van der Waals surface area contributed by atoms with Gasteiger partial charge >= 0.3 is 5.97 Å². The number of aromatic amines is 1. The first-order valence-electron chi connectivity index (χ1n) is 5.11. The van der Waals surface area contributed by atoms with Gasteiger partial charge in [0.15, 0.2) is 5.82 Å². The van der Waals surface area contributed by atoms with E-state index >= 15 is 0 Å². The number of hydrogen-bond acceptors (Lipinski definition) is 4. The highest BCUT2D eigenvalue weighted by molar-refractivity contribution is 5.85. The highest BCUT2D eigenvalue weighted by Crippen LogP contribution is 2.47. The van der Waals surface area contributed by atoms with E-state index in [1.54, 1.807) is 0 Å². The number of methoxy groups -OCH3 is 1. The zero-order valence-corrected chi connectivity index (χ0v) is 9.20. The van der Waals surface area contributed by atoms with Gasteiger partial charge in [-0.15, -0.1) is 0 Å². The van der Waals surface area contributed by atoms with Crippen molar-refractivity contribution >= 4 is 5.97 Å². The maximum atomic E-state index is 11.6. The average Bonchev–Trinajstić information content (AvgIpc) is 2.87. The molecule has 0 radical (unpaired) electrons. The molecule has 5 nitrogen and oxygen atoms in total. The summed E-state index contributed by atoms with van der Waals surface area (Å²) in [7, 11) is 1.40. The molecule has 1 N–H and O–H groups in total. The summed E-state index contributed by atoms with van der Waals surface area (Å²) in [4.78, 5) is 15.9. The summed E-state index contributed by atoms with van der Waals surface area (Å²) < 4.78 is 4.77. The van der Waals surface area contributed by atoms with Crippen LogP contribution < -0.4 is 0 Å². The van der Waals surface area contributed by atoms with E-state index in [1.807, 2.05) is 13.8 Å². The largest absolute Gasteiger partial charge is 0.468 e. The van der Waals surface area contributed by atoms with Crippen LogP contribution in [0.5, 0.6) is 0 Å². The smallest absolute Gasteiger partial charge is 0.319 e. The van der Waals surface area contributed by atoms with Crippen molar-refractivity contribution in [2.45, 2.75) is 38.0 Å². The lowest BCUT2D eigenvalue weighted by atomic mass is 10.1. The highest BCUT2D eigenvalue weighted by Gasteiger charge is 2.56. The molecule has 82 valence electrons. The molecule has 15 heavy (non-hydrogen) atoms. The molecule has 1 aromatic heterocycles. The summed E-state index contributed by atoms with van der Waals surface area (Å²) >= 11 is 0. The molecule has 1 aromatic rings. The fourth-order valence-electron chi connectivity index (χ4n) is 1.59. The van der Waals surface area contributed by atoms with Gasteiger partial charge in [0.2, 0.25) is 0 Å². The zero-order valence-electron chi connectivity index (χ0n) is 9.20. The van der Waals surface area contributed by atoms with Crippen LogP contribution in [0.25, 0.3) is 0 Å². The number of rotatable bonds is 3. The van der Waals surface area contributed by atoms with E-state index in [0.29, 0.717) is 11.7 Å². The number of aromatic nitrogens is 3. The minimum absolute atomic E-state index is 0.225. The molecule has 1 saturated carbocycles. The number of nitrogens with zero attached hydrogens (tertiary/aromatic N) is 2. The third kappa shape index (κ3) is 1.52. The van der Waals surface area contributed by atoms with Crippen molar-refractivity contribution in [2.24, 2.45) is 0 Å². The lowest BCUT2D eigenvalue weighted by Crippen LogP contribution is -2.23. The molecule has 0 amide bonds. The summed E-state index contributed by atoms with van der Waals surface area (Å²) in [6.45, 7) is 4.06. The van der Waals surface area contributed by atoms with Gasteiger partial charge in [-0.3, -0.25) is 9.89 Å². The normalized spacial score (nSPS) is 17.9.